The molecule has 4 rings (SSSR count). The topological polar surface area (TPSA) is 45.5 Å². The maximum Gasteiger partial charge on any atom is 0.213 e. The average Bonchev–Trinajstić information content (AvgIpc) is 2.81. The largest absolute Gasteiger partial charge is 0.440 e. The second-order valence-corrected chi connectivity index (χ2v) is 6.48. The van der Waals surface area contributed by atoms with Crippen molar-refractivity contribution < 1.29 is 9.21 Å². The molecule has 1 unspecified atom stereocenters. The van der Waals surface area contributed by atoms with Gasteiger partial charge in [0, 0.05) is 23.5 Å². The summed E-state index contributed by atoms with van der Waals surface area (Å²) in [7, 11) is 0. The fourth-order valence-electron chi connectivity index (χ4n) is 4.03. The molecule has 1 atom stereocenters. The Morgan fingerprint density at radius 2 is 2.13 bits per heavy atom. The van der Waals surface area contributed by atoms with Gasteiger partial charge in [-0.25, -0.2) is 0 Å². The highest BCUT2D eigenvalue weighted by molar-refractivity contribution is 5.98. The maximum atomic E-state index is 11.0. The number of carbonyl (C=O) groups is 1. The van der Waals surface area contributed by atoms with E-state index in [0.717, 1.165) is 29.5 Å². The smallest absolute Gasteiger partial charge is 0.213 e. The van der Waals surface area contributed by atoms with Crippen molar-refractivity contribution in [3.63, 3.8) is 0 Å². The Kier molecular flexibility index (Phi) is 3.92. The fraction of sp³-hybridized carbons (Fsp3) is 0.421. The maximum absolute atomic E-state index is 11.0. The molecule has 2 aromatic rings. The lowest BCUT2D eigenvalue weighted by Crippen LogP contribution is -2.38. The Labute approximate surface area is 136 Å². The third-order valence-corrected chi connectivity index (χ3v) is 5.17. The molecular formula is C19H22N2O2. The molecule has 1 amide bonds. The van der Waals surface area contributed by atoms with Gasteiger partial charge in [-0.15, -0.1) is 0 Å². The minimum atomic E-state index is 0.576. The number of nitrogens with zero attached hydrogens (tertiary/aromatic N) is 1. The number of benzene rings is 1. The van der Waals surface area contributed by atoms with Crippen LogP contribution in [0.3, 0.4) is 0 Å². The molecule has 1 saturated heterocycles. The first-order valence-electron chi connectivity index (χ1n) is 8.52. The minimum absolute atomic E-state index is 0.576. The standard InChI is InChI=1S/C19H22N2O2/c22-13-20-19-18(16-6-1-2-7-17(16)23-19)14-8-9-15-5-3-4-11-21(15)12-10-14/h1-2,6-7,10,13,15H,3-5,8-9,11-12H2,(H,20,22). The molecule has 1 N–H and O–H groups in total. The third-order valence-electron chi connectivity index (χ3n) is 5.17. The molecule has 0 spiro atoms. The Bertz CT molecular complexity index is 747. The Morgan fingerprint density at radius 3 is 3.04 bits per heavy atom. The lowest BCUT2D eigenvalue weighted by Gasteiger charge is -2.33. The lowest BCUT2D eigenvalue weighted by atomic mass is 9.95. The van der Waals surface area contributed by atoms with Gasteiger partial charge in [-0.05, 0) is 43.9 Å². The summed E-state index contributed by atoms with van der Waals surface area (Å²) in [6.07, 6.45) is 9.23. The number of fused-ring (bicyclic) bond motifs is 2. The number of furan rings is 1. The zero-order valence-electron chi connectivity index (χ0n) is 13.3. The second kappa shape index (κ2) is 6.20. The van der Waals surface area contributed by atoms with Gasteiger partial charge < -0.3 is 4.42 Å². The molecule has 4 nitrogen and oxygen atoms in total. The van der Waals surface area contributed by atoms with Crippen LogP contribution in [0.5, 0.6) is 0 Å². The van der Waals surface area contributed by atoms with E-state index in [0.29, 0.717) is 18.3 Å². The van der Waals surface area contributed by atoms with Crippen LogP contribution < -0.4 is 5.32 Å². The number of rotatable bonds is 3. The van der Waals surface area contributed by atoms with Crippen LogP contribution >= 0.6 is 0 Å². The van der Waals surface area contributed by atoms with Gasteiger partial charge in [-0.2, -0.15) is 0 Å². The summed E-state index contributed by atoms with van der Waals surface area (Å²) < 4.78 is 5.86. The van der Waals surface area contributed by atoms with Gasteiger partial charge in [0.05, 0.1) is 0 Å². The molecule has 1 aromatic heterocycles. The zero-order chi connectivity index (χ0) is 15.6. The van der Waals surface area contributed by atoms with Crippen molar-refractivity contribution in [1.29, 1.82) is 0 Å². The average molecular weight is 310 g/mol. The molecule has 120 valence electrons. The molecule has 0 saturated carbocycles. The van der Waals surface area contributed by atoms with Crippen molar-refractivity contribution in [3.8, 4) is 0 Å². The first-order valence-corrected chi connectivity index (χ1v) is 8.52. The van der Waals surface area contributed by atoms with Crippen molar-refractivity contribution in [1.82, 2.24) is 4.90 Å². The van der Waals surface area contributed by atoms with Gasteiger partial charge in [0.25, 0.3) is 0 Å². The van der Waals surface area contributed by atoms with Crippen LogP contribution in [-0.4, -0.2) is 30.4 Å². The van der Waals surface area contributed by atoms with Gasteiger partial charge in [-0.3, -0.25) is 15.0 Å². The van der Waals surface area contributed by atoms with E-state index in [1.54, 1.807) is 0 Å². The summed E-state index contributed by atoms with van der Waals surface area (Å²) in [5.41, 5.74) is 3.19. The highest BCUT2D eigenvalue weighted by atomic mass is 16.4. The van der Waals surface area contributed by atoms with Gasteiger partial charge in [0.1, 0.15) is 5.58 Å². The summed E-state index contributed by atoms with van der Waals surface area (Å²) in [4.78, 5) is 13.6. The van der Waals surface area contributed by atoms with Crippen molar-refractivity contribution in [2.45, 2.75) is 38.1 Å². The normalized spacial score (nSPS) is 22.3. The second-order valence-electron chi connectivity index (χ2n) is 6.48. The fourth-order valence-corrected chi connectivity index (χ4v) is 4.03. The van der Waals surface area contributed by atoms with Crippen LogP contribution in [0.4, 0.5) is 5.88 Å². The lowest BCUT2D eigenvalue weighted by molar-refractivity contribution is -0.105. The SMILES string of the molecule is O=CNc1oc2ccccc2c1C1=CCN2CCCCC2CC1. The van der Waals surface area contributed by atoms with Gasteiger partial charge in [-0.1, -0.05) is 30.7 Å². The zero-order valence-corrected chi connectivity index (χ0v) is 13.3. The Balaban J connectivity index is 1.74. The molecule has 0 bridgehead atoms. The van der Waals surface area contributed by atoms with E-state index in [9.17, 15) is 4.79 Å². The predicted octanol–water partition coefficient (Wildman–Crippen LogP) is 4.03. The summed E-state index contributed by atoms with van der Waals surface area (Å²) in [6.45, 7) is 2.21. The number of para-hydroxylation sites is 1. The first-order chi connectivity index (χ1) is 11.4. The van der Waals surface area contributed by atoms with Crippen molar-refractivity contribution in [3.05, 3.63) is 35.9 Å². The number of hydrogen-bond acceptors (Lipinski definition) is 3. The quantitative estimate of drug-likeness (QED) is 0.871. The monoisotopic (exact) mass is 310 g/mol. The molecule has 4 heteroatoms. The Morgan fingerprint density at radius 1 is 1.22 bits per heavy atom. The van der Waals surface area contributed by atoms with E-state index in [4.69, 9.17) is 4.42 Å². The molecule has 3 heterocycles. The van der Waals surface area contributed by atoms with Crippen molar-refractivity contribution in [2.75, 3.05) is 18.4 Å². The number of carbonyl (C=O) groups excluding carboxylic acids is 1. The molecular weight excluding hydrogens is 288 g/mol. The van der Waals surface area contributed by atoms with Crippen LogP contribution in [0, 0.1) is 0 Å². The van der Waals surface area contributed by atoms with Gasteiger partial charge >= 0.3 is 0 Å². The number of piperidine rings is 1. The number of allylic oxidation sites excluding steroid dienone is 1. The van der Waals surface area contributed by atoms with Gasteiger partial charge in [0.15, 0.2) is 0 Å². The van der Waals surface area contributed by atoms with Crippen molar-refractivity contribution in [2.24, 2.45) is 0 Å². The van der Waals surface area contributed by atoms with E-state index < -0.39 is 0 Å². The van der Waals surface area contributed by atoms with E-state index in [1.807, 2.05) is 18.2 Å². The van der Waals surface area contributed by atoms with Crippen molar-refractivity contribution >= 4 is 28.8 Å². The number of hydrogen-bond donors (Lipinski definition) is 1. The Hall–Kier alpha value is -2.07. The van der Waals surface area contributed by atoms with E-state index in [2.05, 4.69) is 22.4 Å². The van der Waals surface area contributed by atoms with Crippen LogP contribution in [0.2, 0.25) is 0 Å². The van der Waals surface area contributed by atoms with E-state index >= 15 is 0 Å². The highest BCUT2D eigenvalue weighted by Gasteiger charge is 2.26. The summed E-state index contributed by atoms with van der Waals surface area (Å²) in [5.74, 6) is 0.576. The number of anilines is 1. The first kappa shape index (κ1) is 14.5. The molecule has 1 aromatic carbocycles. The summed E-state index contributed by atoms with van der Waals surface area (Å²) in [5, 5.41) is 3.83. The summed E-state index contributed by atoms with van der Waals surface area (Å²) >= 11 is 0. The molecule has 2 aliphatic rings. The van der Waals surface area contributed by atoms with E-state index in [-0.39, 0.29) is 0 Å². The van der Waals surface area contributed by atoms with Crippen LogP contribution in [0.15, 0.2) is 34.8 Å². The molecule has 2 aliphatic heterocycles. The van der Waals surface area contributed by atoms with Crippen LogP contribution in [0.1, 0.15) is 37.7 Å². The number of amides is 1. The summed E-state index contributed by atoms with van der Waals surface area (Å²) in [6, 6.07) is 8.71. The number of nitrogens with one attached hydrogen (secondary N) is 1. The minimum Gasteiger partial charge on any atom is -0.440 e. The molecule has 1 fully saturated rings. The van der Waals surface area contributed by atoms with Crippen LogP contribution in [-0.2, 0) is 4.79 Å². The van der Waals surface area contributed by atoms with E-state index in [1.165, 1.54) is 37.8 Å². The van der Waals surface area contributed by atoms with Crippen LogP contribution in [0.25, 0.3) is 16.5 Å². The highest BCUT2D eigenvalue weighted by Crippen LogP contribution is 2.39. The predicted molar refractivity (Wildman–Crippen MR) is 92.3 cm³/mol. The molecule has 23 heavy (non-hydrogen) atoms. The molecule has 0 aliphatic carbocycles. The third kappa shape index (κ3) is 2.68. The van der Waals surface area contributed by atoms with Gasteiger partial charge in [0.2, 0.25) is 12.3 Å². The molecule has 0 radical (unpaired) electrons.